The van der Waals surface area contributed by atoms with E-state index in [9.17, 15) is 4.39 Å². The molecule has 0 saturated carbocycles. The van der Waals surface area contributed by atoms with Gasteiger partial charge >= 0.3 is 0 Å². The first-order chi connectivity index (χ1) is 11.2. The van der Waals surface area contributed by atoms with Gasteiger partial charge in [0.05, 0.1) is 5.69 Å². The van der Waals surface area contributed by atoms with Crippen molar-refractivity contribution in [1.29, 1.82) is 0 Å². The molecule has 0 aliphatic heterocycles. The van der Waals surface area contributed by atoms with Crippen LogP contribution in [0.5, 0.6) is 0 Å². The van der Waals surface area contributed by atoms with Gasteiger partial charge in [0.25, 0.3) is 0 Å². The van der Waals surface area contributed by atoms with Gasteiger partial charge in [-0.25, -0.2) is 14.1 Å². The minimum atomic E-state index is -0.262. The Morgan fingerprint density at radius 3 is 2.70 bits per heavy atom. The predicted molar refractivity (Wildman–Crippen MR) is 90.3 cm³/mol. The molecule has 0 saturated heterocycles. The van der Waals surface area contributed by atoms with Crippen molar-refractivity contribution in [1.82, 2.24) is 14.8 Å². The van der Waals surface area contributed by atoms with Crippen LogP contribution in [-0.4, -0.2) is 14.8 Å². The monoisotopic (exact) mass is 328 g/mol. The van der Waals surface area contributed by atoms with E-state index in [-0.39, 0.29) is 5.82 Å². The average Bonchev–Trinajstić information content (AvgIpc) is 3.06. The van der Waals surface area contributed by atoms with Crippen molar-refractivity contribution < 1.29 is 4.39 Å². The van der Waals surface area contributed by atoms with E-state index >= 15 is 0 Å². The molecule has 0 bridgehead atoms. The highest BCUT2D eigenvalue weighted by Gasteiger charge is 2.21. The van der Waals surface area contributed by atoms with Crippen LogP contribution in [0.25, 0.3) is 16.4 Å². The fourth-order valence-corrected chi connectivity index (χ4v) is 4.36. The molecule has 6 heteroatoms. The van der Waals surface area contributed by atoms with Gasteiger partial charge in [0, 0.05) is 10.4 Å². The first-order valence-electron chi connectivity index (χ1n) is 7.80. The predicted octanol–water partition coefficient (Wildman–Crippen LogP) is 3.99. The van der Waals surface area contributed by atoms with Crippen LogP contribution in [0.15, 0.2) is 30.6 Å². The van der Waals surface area contributed by atoms with Crippen molar-refractivity contribution in [2.45, 2.75) is 32.1 Å². The molecule has 2 heterocycles. The molecule has 1 aliphatic carbocycles. The lowest BCUT2D eigenvalue weighted by Crippen LogP contribution is -2.02. The maximum Gasteiger partial charge on any atom is 0.164 e. The number of nitrogens with two attached hydrogens (primary N) is 1. The highest BCUT2D eigenvalue weighted by atomic mass is 32.1. The zero-order chi connectivity index (χ0) is 15.8. The van der Waals surface area contributed by atoms with Gasteiger partial charge in [0.1, 0.15) is 17.1 Å². The van der Waals surface area contributed by atoms with Crippen molar-refractivity contribution in [2.75, 3.05) is 5.73 Å². The fraction of sp³-hybridized carbons (Fsp3) is 0.294. The van der Waals surface area contributed by atoms with E-state index in [1.807, 2.05) is 0 Å². The molecule has 2 aromatic heterocycles. The number of aryl methyl sites for hydroxylation is 1. The summed E-state index contributed by atoms with van der Waals surface area (Å²) in [5.74, 6) is 0.426. The van der Waals surface area contributed by atoms with Crippen LogP contribution in [0.2, 0.25) is 0 Å². The zero-order valence-corrected chi connectivity index (χ0v) is 13.4. The zero-order valence-electron chi connectivity index (χ0n) is 12.6. The number of nitrogen functional groups attached to an aromatic ring is 1. The van der Waals surface area contributed by atoms with Crippen molar-refractivity contribution in [3.8, 4) is 16.4 Å². The van der Waals surface area contributed by atoms with E-state index in [2.05, 4.69) is 10.1 Å². The summed E-state index contributed by atoms with van der Waals surface area (Å²) in [5, 5.41) is 5.28. The Morgan fingerprint density at radius 1 is 1.09 bits per heavy atom. The highest BCUT2D eigenvalue weighted by Crippen LogP contribution is 2.39. The number of anilines is 1. The number of thiophene rings is 1. The van der Waals surface area contributed by atoms with Crippen LogP contribution < -0.4 is 5.73 Å². The second-order valence-corrected chi connectivity index (χ2v) is 6.87. The van der Waals surface area contributed by atoms with Crippen molar-refractivity contribution in [3.63, 3.8) is 0 Å². The number of hydrogen-bond donors (Lipinski definition) is 1. The molecule has 0 radical (unpaired) electrons. The van der Waals surface area contributed by atoms with Gasteiger partial charge in [0.15, 0.2) is 5.82 Å². The lowest BCUT2D eigenvalue weighted by molar-refractivity contribution is 0.628. The molecule has 0 unspecified atom stereocenters. The Bertz CT molecular complexity index is 835. The van der Waals surface area contributed by atoms with Crippen LogP contribution in [0.3, 0.4) is 0 Å². The van der Waals surface area contributed by atoms with Gasteiger partial charge < -0.3 is 5.73 Å². The maximum absolute atomic E-state index is 13.1. The average molecular weight is 328 g/mol. The van der Waals surface area contributed by atoms with E-state index in [4.69, 9.17) is 5.73 Å². The molecule has 3 aromatic rings. The largest absolute Gasteiger partial charge is 0.396 e. The molecule has 0 fully saturated rings. The molecule has 4 nitrogen and oxygen atoms in total. The molecule has 4 rings (SSSR count). The highest BCUT2D eigenvalue weighted by molar-refractivity contribution is 7.15. The summed E-state index contributed by atoms with van der Waals surface area (Å²) in [7, 11) is 0. The molecule has 2 N–H and O–H groups in total. The summed E-state index contributed by atoms with van der Waals surface area (Å²) in [4.78, 5) is 5.71. The third-order valence-electron chi connectivity index (χ3n) is 4.29. The number of benzene rings is 1. The standard InChI is InChI=1S/C17H17FN4S/c18-12-8-6-11(7-9-12)16-20-10-21-22(16)17-15(19)13-4-2-1-3-5-14(13)23-17/h6-10H,1-5,19H2. The molecule has 0 amide bonds. The van der Waals surface area contributed by atoms with Crippen LogP contribution in [0.4, 0.5) is 10.1 Å². The minimum absolute atomic E-state index is 0.262. The summed E-state index contributed by atoms with van der Waals surface area (Å²) in [6.45, 7) is 0. The maximum atomic E-state index is 13.1. The van der Waals surface area contributed by atoms with Crippen molar-refractivity contribution in [2.24, 2.45) is 0 Å². The van der Waals surface area contributed by atoms with Gasteiger partial charge in [0.2, 0.25) is 0 Å². The lowest BCUT2D eigenvalue weighted by atomic mass is 10.1. The third kappa shape index (κ3) is 2.53. The number of aromatic nitrogens is 3. The topological polar surface area (TPSA) is 56.7 Å². The number of rotatable bonds is 2. The van der Waals surface area contributed by atoms with E-state index in [0.717, 1.165) is 29.1 Å². The van der Waals surface area contributed by atoms with E-state index in [1.54, 1.807) is 28.2 Å². The first kappa shape index (κ1) is 14.4. The van der Waals surface area contributed by atoms with Gasteiger partial charge in [-0.3, -0.25) is 0 Å². The molecule has 23 heavy (non-hydrogen) atoms. The summed E-state index contributed by atoms with van der Waals surface area (Å²) in [6, 6.07) is 6.29. The van der Waals surface area contributed by atoms with E-state index < -0.39 is 0 Å². The molecule has 0 spiro atoms. The van der Waals surface area contributed by atoms with Crippen molar-refractivity contribution in [3.05, 3.63) is 46.9 Å². The SMILES string of the molecule is Nc1c(-n2ncnc2-c2ccc(F)cc2)sc2c1CCCCC2. The Morgan fingerprint density at radius 2 is 1.87 bits per heavy atom. The second kappa shape index (κ2) is 5.77. The molecule has 1 aromatic carbocycles. The summed E-state index contributed by atoms with van der Waals surface area (Å²) < 4.78 is 14.9. The van der Waals surface area contributed by atoms with Crippen molar-refractivity contribution >= 4 is 17.0 Å². The lowest BCUT2D eigenvalue weighted by Gasteiger charge is -2.06. The molecular weight excluding hydrogens is 311 g/mol. The minimum Gasteiger partial charge on any atom is -0.396 e. The molecular formula is C17H17FN4S. The summed E-state index contributed by atoms with van der Waals surface area (Å²) in [6.07, 6.45) is 7.32. The number of hydrogen-bond acceptors (Lipinski definition) is 4. The second-order valence-electron chi connectivity index (χ2n) is 5.79. The molecule has 118 valence electrons. The van der Waals surface area contributed by atoms with Crippen LogP contribution >= 0.6 is 11.3 Å². The Labute approximate surface area is 137 Å². The Kier molecular flexibility index (Phi) is 3.61. The number of halogens is 1. The molecule has 1 aliphatic rings. The van der Waals surface area contributed by atoms with Crippen LogP contribution in [0.1, 0.15) is 29.7 Å². The van der Waals surface area contributed by atoms with E-state index in [1.165, 1.54) is 48.2 Å². The van der Waals surface area contributed by atoms with Gasteiger partial charge in [-0.05, 0) is 55.5 Å². The number of nitrogens with zero attached hydrogens (tertiary/aromatic N) is 3. The van der Waals surface area contributed by atoms with Gasteiger partial charge in [-0.15, -0.1) is 11.3 Å². The Balaban J connectivity index is 1.81. The normalized spacial score (nSPS) is 14.5. The summed E-state index contributed by atoms with van der Waals surface area (Å²) >= 11 is 1.71. The van der Waals surface area contributed by atoms with Gasteiger partial charge in [-0.2, -0.15) is 5.10 Å². The fourth-order valence-electron chi connectivity index (χ4n) is 3.10. The van der Waals surface area contributed by atoms with Gasteiger partial charge in [-0.1, -0.05) is 6.42 Å². The first-order valence-corrected chi connectivity index (χ1v) is 8.62. The van der Waals surface area contributed by atoms with E-state index in [0.29, 0.717) is 5.82 Å². The van der Waals surface area contributed by atoms with Crippen LogP contribution in [0, 0.1) is 5.82 Å². The molecule has 0 atom stereocenters. The smallest absolute Gasteiger partial charge is 0.164 e. The summed E-state index contributed by atoms with van der Waals surface area (Å²) in [5.41, 5.74) is 9.34. The van der Waals surface area contributed by atoms with Crippen LogP contribution in [-0.2, 0) is 12.8 Å². The Hall–Kier alpha value is -2.21. The quantitative estimate of drug-likeness (QED) is 0.724. The third-order valence-corrected chi connectivity index (χ3v) is 5.57. The number of fused-ring (bicyclic) bond motifs is 1.